The van der Waals surface area contributed by atoms with Crippen LogP contribution >= 0.6 is 24.8 Å². The Hall–Kier alpha value is -1.40. The molecular weight excluding hydrogens is 311 g/mol. The summed E-state index contributed by atoms with van der Waals surface area (Å²) < 4.78 is 0. The predicted molar refractivity (Wildman–Crippen MR) is 92.5 cm³/mol. The van der Waals surface area contributed by atoms with Crippen molar-refractivity contribution in [3.63, 3.8) is 0 Å². The second-order valence-corrected chi connectivity index (χ2v) is 4.20. The average molecular weight is 333 g/mol. The molecule has 0 atom stereocenters. The summed E-state index contributed by atoms with van der Waals surface area (Å²) in [7, 11) is 0. The van der Waals surface area contributed by atoms with Gasteiger partial charge < -0.3 is 16.5 Å². The third-order valence-electron chi connectivity index (χ3n) is 2.73. The maximum Gasteiger partial charge on any atom is 0.151 e. The molecule has 0 aliphatic rings. The summed E-state index contributed by atoms with van der Waals surface area (Å²) >= 11 is 0. The van der Waals surface area contributed by atoms with Crippen molar-refractivity contribution in [2.24, 2.45) is 5.73 Å². The van der Waals surface area contributed by atoms with Gasteiger partial charge in [-0.3, -0.25) is 0 Å². The molecule has 7 heteroatoms. The summed E-state index contributed by atoms with van der Waals surface area (Å²) in [6.45, 7) is 3.55. The molecule has 0 saturated carbocycles. The number of halogens is 2. The summed E-state index contributed by atoms with van der Waals surface area (Å²) in [5, 5.41) is 11.7. The fourth-order valence-corrected chi connectivity index (χ4v) is 1.72. The topological polar surface area (TPSA) is 95.3 Å². The minimum absolute atomic E-state index is 0. The van der Waals surface area contributed by atoms with Gasteiger partial charge in [-0.2, -0.15) is 0 Å². The molecule has 0 unspecified atom stereocenters. The lowest BCUT2D eigenvalue weighted by Crippen LogP contribution is -2.10. The maximum atomic E-state index is 5.45. The van der Waals surface area contributed by atoms with Gasteiger partial charge in [-0.15, -0.1) is 35.0 Å². The zero-order valence-corrected chi connectivity index (χ0v) is 13.5. The monoisotopic (exact) mass is 332 g/mol. The van der Waals surface area contributed by atoms with Gasteiger partial charge in [0.05, 0.1) is 5.69 Å². The number of benzene rings is 1. The van der Waals surface area contributed by atoms with Crippen molar-refractivity contribution < 1.29 is 5.48 Å². The zero-order valence-electron chi connectivity index (χ0n) is 11.9. The minimum atomic E-state index is 0. The molecule has 0 aliphatic heterocycles. The van der Waals surface area contributed by atoms with Crippen molar-refractivity contribution in [2.75, 3.05) is 18.4 Å². The summed E-state index contributed by atoms with van der Waals surface area (Å²) in [5.74, 6) is 0.836. The number of aromatic nitrogens is 2. The Morgan fingerprint density at radius 3 is 2.33 bits per heavy atom. The molecule has 1 heterocycles. The van der Waals surface area contributed by atoms with Crippen LogP contribution in [0, 0.1) is 6.92 Å². The van der Waals surface area contributed by atoms with Gasteiger partial charge in [0, 0.05) is 12.1 Å². The lowest BCUT2D eigenvalue weighted by atomic mass is 10.1. The van der Waals surface area contributed by atoms with Crippen LogP contribution in [-0.4, -0.2) is 28.8 Å². The SMILES string of the molecule is Cc1cc(-c2ccccc2)nnc1NCCCN.Cl.Cl.O. The minimum Gasteiger partial charge on any atom is -0.412 e. The number of anilines is 1. The molecule has 0 bridgehead atoms. The first-order valence-electron chi connectivity index (χ1n) is 6.15. The number of rotatable bonds is 5. The molecule has 1 aromatic carbocycles. The first-order chi connectivity index (χ1) is 8.81. The average Bonchev–Trinajstić information content (AvgIpc) is 2.42. The Balaban J connectivity index is 0. The second-order valence-electron chi connectivity index (χ2n) is 4.20. The van der Waals surface area contributed by atoms with Crippen LogP contribution in [0.3, 0.4) is 0 Å². The molecule has 0 amide bonds. The summed E-state index contributed by atoms with van der Waals surface area (Å²) in [6, 6.07) is 12.1. The third-order valence-corrected chi connectivity index (χ3v) is 2.73. The molecule has 2 rings (SSSR count). The van der Waals surface area contributed by atoms with Crippen molar-refractivity contribution >= 4 is 30.6 Å². The third kappa shape index (κ3) is 6.27. The zero-order chi connectivity index (χ0) is 12.8. The number of hydrogen-bond acceptors (Lipinski definition) is 4. The number of nitrogens with one attached hydrogen (secondary N) is 1. The van der Waals surface area contributed by atoms with Crippen molar-refractivity contribution in [1.29, 1.82) is 0 Å². The molecule has 21 heavy (non-hydrogen) atoms. The van der Waals surface area contributed by atoms with Gasteiger partial charge in [-0.05, 0) is 31.5 Å². The van der Waals surface area contributed by atoms with Crippen LogP contribution in [-0.2, 0) is 0 Å². The molecule has 0 spiro atoms. The fraction of sp³-hybridized carbons (Fsp3) is 0.286. The number of hydrogen-bond donors (Lipinski definition) is 2. The highest BCUT2D eigenvalue weighted by atomic mass is 35.5. The number of nitrogens with zero attached hydrogens (tertiary/aromatic N) is 2. The van der Waals surface area contributed by atoms with Gasteiger partial charge >= 0.3 is 0 Å². The molecule has 5 nitrogen and oxygen atoms in total. The van der Waals surface area contributed by atoms with Gasteiger partial charge in [0.15, 0.2) is 5.82 Å². The highest BCUT2D eigenvalue weighted by Crippen LogP contribution is 2.19. The molecule has 0 fully saturated rings. The maximum absolute atomic E-state index is 5.45. The quantitative estimate of drug-likeness (QED) is 0.820. The highest BCUT2D eigenvalue weighted by molar-refractivity contribution is 5.85. The smallest absolute Gasteiger partial charge is 0.151 e. The predicted octanol–water partition coefficient (Wildman–Crippen LogP) is 2.23. The Morgan fingerprint density at radius 2 is 1.76 bits per heavy atom. The largest absolute Gasteiger partial charge is 0.412 e. The number of aryl methyl sites for hydroxylation is 1. The van der Waals surface area contributed by atoms with Gasteiger partial charge in [-0.1, -0.05) is 30.3 Å². The molecule has 5 N–H and O–H groups in total. The first-order valence-corrected chi connectivity index (χ1v) is 6.15. The van der Waals surface area contributed by atoms with Crippen LogP contribution in [0.4, 0.5) is 5.82 Å². The van der Waals surface area contributed by atoms with Crippen molar-refractivity contribution in [1.82, 2.24) is 10.2 Å². The molecule has 0 aliphatic carbocycles. The molecule has 118 valence electrons. The van der Waals surface area contributed by atoms with Crippen LogP contribution in [0.25, 0.3) is 11.3 Å². The first kappa shape index (κ1) is 21.9. The van der Waals surface area contributed by atoms with Gasteiger partial charge in [0.1, 0.15) is 0 Å². The summed E-state index contributed by atoms with van der Waals surface area (Å²) in [4.78, 5) is 0. The van der Waals surface area contributed by atoms with Crippen molar-refractivity contribution in [2.45, 2.75) is 13.3 Å². The standard InChI is InChI=1S/C14H18N4.2ClH.H2O/c1-11-10-13(12-6-3-2-4-7-12)17-18-14(11)16-9-5-8-15;;;/h2-4,6-7,10H,5,8-9,15H2,1H3,(H,16,18);2*1H;1H2. The molecule has 1 aromatic heterocycles. The molecular formula is C14H22Cl2N4O. The van der Waals surface area contributed by atoms with Gasteiger partial charge in [0.25, 0.3) is 0 Å². The van der Waals surface area contributed by atoms with Gasteiger partial charge in [0.2, 0.25) is 0 Å². The second kappa shape index (κ2) is 11.3. The van der Waals surface area contributed by atoms with Crippen molar-refractivity contribution in [3.05, 3.63) is 42.0 Å². The van der Waals surface area contributed by atoms with E-state index in [1.807, 2.05) is 43.3 Å². The molecule has 0 saturated heterocycles. The number of nitrogens with two attached hydrogens (primary N) is 1. The van der Waals surface area contributed by atoms with E-state index in [0.29, 0.717) is 6.54 Å². The van der Waals surface area contributed by atoms with E-state index in [4.69, 9.17) is 5.73 Å². The summed E-state index contributed by atoms with van der Waals surface area (Å²) in [5.41, 5.74) is 8.54. The normalized spacial score (nSPS) is 8.86. The van der Waals surface area contributed by atoms with E-state index >= 15 is 0 Å². The summed E-state index contributed by atoms with van der Waals surface area (Å²) in [6.07, 6.45) is 0.932. The Bertz CT molecular complexity index is 512. The lowest BCUT2D eigenvalue weighted by molar-refractivity contribution is 0.824. The highest BCUT2D eigenvalue weighted by Gasteiger charge is 2.04. The Morgan fingerprint density at radius 1 is 1.10 bits per heavy atom. The Labute approximate surface area is 137 Å². The lowest BCUT2D eigenvalue weighted by Gasteiger charge is -2.08. The Kier molecular flexibility index (Phi) is 11.8. The van der Waals surface area contributed by atoms with E-state index < -0.39 is 0 Å². The molecule has 0 radical (unpaired) electrons. The van der Waals surface area contributed by atoms with Crippen LogP contribution < -0.4 is 11.1 Å². The fourth-order valence-electron chi connectivity index (χ4n) is 1.72. The molecule has 2 aromatic rings. The van der Waals surface area contributed by atoms with E-state index in [-0.39, 0.29) is 30.3 Å². The van der Waals surface area contributed by atoms with E-state index in [0.717, 1.165) is 35.6 Å². The van der Waals surface area contributed by atoms with Crippen LogP contribution in [0.15, 0.2) is 36.4 Å². The van der Waals surface area contributed by atoms with E-state index in [1.54, 1.807) is 0 Å². The van der Waals surface area contributed by atoms with Crippen LogP contribution in [0.2, 0.25) is 0 Å². The van der Waals surface area contributed by atoms with Crippen LogP contribution in [0.1, 0.15) is 12.0 Å². The van der Waals surface area contributed by atoms with E-state index in [2.05, 4.69) is 15.5 Å². The van der Waals surface area contributed by atoms with Crippen LogP contribution in [0.5, 0.6) is 0 Å². The van der Waals surface area contributed by atoms with Crippen molar-refractivity contribution in [3.8, 4) is 11.3 Å². The van der Waals surface area contributed by atoms with E-state index in [1.165, 1.54) is 0 Å². The van der Waals surface area contributed by atoms with E-state index in [9.17, 15) is 0 Å². The van der Waals surface area contributed by atoms with Gasteiger partial charge in [-0.25, -0.2) is 0 Å².